The first-order valence-corrected chi connectivity index (χ1v) is 16.4. The molecule has 0 radical (unpaired) electrons. The van der Waals surface area contributed by atoms with Crippen LogP contribution in [0.3, 0.4) is 0 Å². The Morgan fingerprint density at radius 2 is 0.425 bits per heavy atom. The predicted molar refractivity (Wildman–Crippen MR) is 169 cm³/mol. The second kappa shape index (κ2) is 16.1. The van der Waals surface area contributed by atoms with Crippen LogP contribution in [0.25, 0.3) is 0 Å². The fourth-order valence-corrected chi connectivity index (χ4v) is 7.25. The predicted octanol–water partition coefficient (Wildman–Crippen LogP) is 6.14. The Morgan fingerprint density at radius 1 is 0.275 bits per heavy atom. The molecule has 0 spiro atoms. The van der Waals surface area contributed by atoms with Crippen molar-refractivity contribution in [3.05, 3.63) is 60.8 Å². The monoisotopic (exact) mass is 1030 g/mol. The Kier molecular flexibility index (Phi) is 14.1. The molecule has 4 nitrogen and oxygen atoms in total. The molecule has 8 rings (SSSR count). The van der Waals surface area contributed by atoms with Crippen molar-refractivity contribution in [3.8, 4) is 0 Å². The minimum absolute atomic E-state index is 0.532. The average Bonchev–Trinajstić information content (AvgIpc) is 3.02. The zero-order valence-electron chi connectivity index (χ0n) is 20.8. The summed E-state index contributed by atoms with van der Waals surface area (Å²) >= 11 is 5.10. The van der Waals surface area contributed by atoms with Gasteiger partial charge in [0.2, 0.25) is 0 Å². The quantitative estimate of drug-likeness (QED) is 0.136. The van der Waals surface area contributed by atoms with Gasteiger partial charge in [-0.25, -0.2) is 35.1 Å². The Labute approximate surface area is 281 Å². The molecule has 0 saturated carbocycles. The van der Waals surface area contributed by atoms with E-state index in [4.69, 9.17) is 0 Å². The third kappa shape index (κ3) is 8.85. The third-order valence-electron chi connectivity index (χ3n) is 6.71. The van der Waals surface area contributed by atoms with Crippen molar-refractivity contribution in [3.63, 3.8) is 0 Å². The molecule has 0 unspecified atom stereocenters. The van der Waals surface area contributed by atoms with E-state index in [0.29, 0.717) is 0 Å². The highest BCUT2D eigenvalue weighted by molar-refractivity contribution is 14.1. The minimum atomic E-state index is -1.63. The van der Waals surface area contributed by atoms with Gasteiger partial charge in [0.15, 0.2) is 46.5 Å². The van der Waals surface area contributed by atoms with E-state index in [-0.39, 0.29) is 0 Å². The van der Waals surface area contributed by atoms with Crippen LogP contribution in [0.15, 0.2) is 0 Å². The van der Waals surface area contributed by atoms with Crippen LogP contribution in [0.4, 0.5) is 35.1 Å². The van der Waals surface area contributed by atoms with Crippen LogP contribution in [0, 0.1) is 60.8 Å². The first-order chi connectivity index (χ1) is 18.8. The largest absolute Gasteiger partial charge is 0.300 e. The Balaban J connectivity index is 0.000000149. The third-order valence-corrected chi connectivity index (χ3v) is 10.5. The van der Waals surface area contributed by atoms with Gasteiger partial charge >= 0.3 is 0 Å². The Hall–Kier alpha value is 0.640. The van der Waals surface area contributed by atoms with Gasteiger partial charge in [-0.2, -0.15) is 0 Å². The highest BCUT2D eigenvalue weighted by Gasteiger charge is 2.24. The summed E-state index contributed by atoms with van der Waals surface area (Å²) in [4.78, 5) is 10.2. The molecule has 6 aliphatic rings. The number of hydrogen-bond donors (Lipinski definition) is 0. The standard InChI is InChI=1S/2C6F4I2.2C6H12N2/c2*7-1-2(8)5(11)4(10)6(12)3(1)9;2*1-2-8-5-3-7(1)4-6-8/h;;2*1-6H2. The molecule has 6 fully saturated rings. The van der Waals surface area contributed by atoms with Crippen LogP contribution < -0.4 is 0 Å². The molecule has 6 aliphatic heterocycles. The highest BCUT2D eigenvalue weighted by Crippen LogP contribution is 2.27. The van der Waals surface area contributed by atoms with Gasteiger partial charge in [-0.05, 0) is 90.4 Å². The zero-order valence-corrected chi connectivity index (χ0v) is 29.4. The lowest BCUT2D eigenvalue weighted by Crippen LogP contribution is -2.55. The zero-order chi connectivity index (χ0) is 29.7. The molecule has 0 aliphatic carbocycles. The van der Waals surface area contributed by atoms with Crippen molar-refractivity contribution in [2.24, 2.45) is 0 Å². The molecule has 2 aromatic carbocycles. The lowest BCUT2D eigenvalue weighted by molar-refractivity contribution is 0.0647. The molecular weight excluding hydrogens is 1000 g/mol. The number of fused-ring (bicyclic) bond motifs is 6. The first kappa shape index (κ1) is 35.1. The number of piperazine rings is 6. The topological polar surface area (TPSA) is 13.0 Å². The number of benzene rings is 2. The van der Waals surface area contributed by atoms with E-state index in [1.54, 1.807) is 0 Å². The number of nitrogens with zero attached hydrogens (tertiary/aromatic N) is 4. The summed E-state index contributed by atoms with van der Waals surface area (Å²) in [6.07, 6.45) is 0. The number of halogens is 12. The van der Waals surface area contributed by atoms with E-state index >= 15 is 0 Å². The van der Waals surface area contributed by atoms with E-state index in [2.05, 4.69) is 19.6 Å². The molecule has 0 atom stereocenters. The number of rotatable bonds is 0. The average molecular weight is 1030 g/mol. The summed E-state index contributed by atoms with van der Waals surface area (Å²) in [5, 5.41) is 0. The summed E-state index contributed by atoms with van der Waals surface area (Å²) in [6, 6.07) is 0. The molecular formula is C24H24F8I4N4. The second-order valence-corrected chi connectivity index (χ2v) is 13.4. The maximum atomic E-state index is 12.8. The number of hydrogen-bond acceptors (Lipinski definition) is 4. The molecule has 40 heavy (non-hydrogen) atoms. The SMILES string of the molecule is C1CN2CCN1CC2.C1CN2CCN1CC2.Fc1c(F)c(I)c(F)c(I)c1F.Fc1c(F)c(I)c(F)c(I)c1F. The van der Waals surface area contributed by atoms with Gasteiger partial charge < -0.3 is 0 Å². The van der Waals surface area contributed by atoms with Gasteiger partial charge in [0.05, 0.1) is 14.3 Å². The van der Waals surface area contributed by atoms with Gasteiger partial charge in [0.1, 0.15) is 0 Å². The maximum Gasteiger partial charge on any atom is 0.196 e. The van der Waals surface area contributed by atoms with Gasteiger partial charge in [-0.1, -0.05) is 0 Å². The Bertz CT molecular complexity index is 845. The van der Waals surface area contributed by atoms with Crippen molar-refractivity contribution in [1.29, 1.82) is 0 Å². The summed E-state index contributed by atoms with van der Waals surface area (Å²) in [7, 11) is 0. The molecule has 6 saturated heterocycles. The van der Waals surface area contributed by atoms with E-state index < -0.39 is 60.8 Å². The van der Waals surface area contributed by atoms with Gasteiger partial charge in [-0.15, -0.1) is 0 Å². The summed E-state index contributed by atoms with van der Waals surface area (Å²) < 4.78 is 98.7. The normalized spacial score (nSPS) is 24.3. The summed E-state index contributed by atoms with van der Waals surface area (Å²) in [5.74, 6) is -11.3. The molecule has 4 bridgehead atoms. The lowest BCUT2D eigenvalue weighted by Gasteiger charge is -2.41. The van der Waals surface area contributed by atoms with Crippen LogP contribution in [-0.2, 0) is 0 Å². The minimum Gasteiger partial charge on any atom is -0.300 e. The molecule has 0 amide bonds. The molecule has 2 aromatic rings. The van der Waals surface area contributed by atoms with E-state index in [9.17, 15) is 35.1 Å². The maximum absolute atomic E-state index is 12.8. The van der Waals surface area contributed by atoms with Crippen LogP contribution >= 0.6 is 90.4 Å². The van der Waals surface area contributed by atoms with Crippen LogP contribution in [-0.4, -0.2) is 98.1 Å². The van der Waals surface area contributed by atoms with Crippen LogP contribution in [0.5, 0.6) is 0 Å². The van der Waals surface area contributed by atoms with E-state index in [1.807, 2.05) is 0 Å². The summed E-state index contributed by atoms with van der Waals surface area (Å²) in [6.45, 7) is 15.8. The van der Waals surface area contributed by atoms with Crippen molar-refractivity contribution in [2.45, 2.75) is 0 Å². The molecule has 0 aromatic heterocycles. The molecule has 6 heterocycles. The van der Waals surface area contributed by atoms with Crippen molar-refractivity contribution in [1.82, 2.24) is 19.6 Å². The van der Waals surface area contributed by atoms with Crippen LogP contribution in [0.1, 0.15) is 0 Å². The highest BCUT2D eigenvalue weighted by atomic mass is 127. The molecule has 16 heteroatoms. The Morgan fingerprint density at radius 3 is 0.550 bits per heavy atom. The van der Waals surface area contributed by atoms with E-state index in [0.717, 1.165) is 0 Å². The van der Waals surface area contributed by atoms with E-state index in [1.165, 1.54) is 169 Å². The van der Waals surface area contributed by atoms with Gasteiger partial charge in [-0.3, -0.25) is 19.6 Å². The smallest absolute Gasteiger partial charge is 0.196 e. The van der Waals surface area contributed by atoms with Gasteiger partial charge in [0.25, 0.3) is 0 Å². The lowest BCUT2D eigenvalue weighted by atomic mass is 10.2. The fourth-order valence-electron chi connectivity index (χ4n) is 4.19. The van der Waals surface area contributed by atoms with Crippen LogP contribution in [0.2, 0.25) is 0 Å². The van der Waals surface area contributed by atoms with Crippen molar-refractivity contribution >= 4 is 90.4 Å². The molecule has 224 valence electrons. The molecule has 0 N–H and O–H groups in total. The van der Waals surface area contributed by atoms with Crippen molar-refractivity contribution < 1.29 is 35.1 Å². The first-order valence-electron chi connectivity index (χ1n) is 12.1. The second-order valence-electron chi connectivity index (χ2n) is 9.13. The summed E-state index contributed by atoms with van der Waals surface area (Å²) in [5.41, 5.74) is 0. The fraction of sp³-hybridized carbons (Fsp3) is 0.500. The van der Waals surface area contributed by atoms with Gasteiger partial charge in [0, 0.05) is 78.5 Å². The van der Waals surface area contributed by atoms with Crippen molar-refractivity contribution in [2.75, 3.05) is 78.5 Å².